The predicted octanol–water partition coefficient (Wildman–Crippen LogP) is 2.39. The van der Waals surface area contributed by atoms with Gasteiger partial charge in [-0.25, -0.2) is 9.48 Å². The van der Waals surface area contributed by atoms with E-state index in [1.165, 1.54) is 4.68 Å². The van der Waals surface area contributed by atoms with Gasteiger partial charge < -0.3 is 5.32 Å². The standard InChI is InChI=1S/C19H24ClN5O2/c1-23-19(27)25(16-5-6-16)18(22-23)13-7-9-24(10-8-13)12-17(26)21-15-4-2-3-14(20)11-15/h2-4,11,13,16H,5-10,12H2,1H3,(H,21,26). The van der Waals surface area contributed by atoms with Gasteiger partial charge in [0, 0.05) is 29.7 Å². The summed E-state index contributed by atoms with van der Waals surface area (Å²) < 4.78 is 3.35. The fourth-order valence-electron chi connectivity index (χ4n) is 3.77. The van der Waals surface area contributed by atoms with Gasteiger partial charge in [-0.1, -0.05) is 17.7 Å². The van der Waals surface area contributed by atoms with E-state index in [9.17, 15) is 9.59 Å². The van der Waals surface area contributed by atoms with Crippen LogP contribution in [0.4, 0.5) is 5.69 Å². The van der Waals surface area contributed by atoms with Crippen molar-refractivity contribution in [1.29, 1.82) is 0 Å². The van der Waals surface area contributed by atoms with Crippen molar-refractivity contribution < 1.29 is 4.79 Å². The minimum Gasteiger partial charge on any atom is -0.325 e. The molecular formula is C19H24ClN5O2. The van der Waals surface area contributed by atoms with E-state index in [2.05, 4.69) is 15.3 Å². The first-order valence-corrected chi connectivity index (χ1v) is 9.82. The molecule has 1 aromatic carbocycles. The van der Waals surface area contributed by atoms with Gasteiger partial charge in [0.05, 0.1) is 6.54 Å². The number of hydrogen-bond acceptors (Lipinski definition) is 4. The Kier molecular flexibility index (Phi) is 5.06. The molecular weight excluding hydrogens is 366 g/mol. The van der Waals surface area contributed by atoms with Gasteiger partial charge >= 0.3 is 5.69 Å². The summed E-state index contributed by atoms with van der Waals surface area (Å²) in [4.78, 5) is 26.7. The summed E-state index contributed by atoms with van der Waals surface area (Å²) >= 11 is 5.95. The fourth-order valence-corrected chi connectivity index (χ4v) is 3.96. The van der Waals surface area contributed by atoms with Crippen molar-refractivity contribution in [3.63, 3.8) is 0 Å². The molecule has 7 nitrogen and oxygen atoms in total. The molecule has 1 aromatic heterocycles. The number of aromatic nitrogens is 3. The molecule has 2 aromatic rings. The van der Waals surface area contributed by atoms with E-state index in [4.69, 9.17) is 11.6 Å². The third-order valence-electron chi connectivity index (χ3n) is 5.32. The van der Waals surface area contributed by atoms with E-state index in [1.807, 2.05) is 16.7 Å². The minimum atomic E-state index is -0.0385. The van der Waals surface area contributed by atoms with Gasteiger partial charge in [-0.05, 0) is 57.0 Å². The highest BCUT2D eigenvalue weighted by Gasteiger charge is 2.33. The van der Waals surface area contributed by atoms with Crippen molar-refractivity contribution >= 4 is 23.2 Å². The molecule has 2 heterocycles. The first-order chi connectivity index (χ1) is 13.0. The van der Waals surface area contributed by atoms with E-state index in [-0.39, 0.29) is 17.5 Å². The van der Waals surface area contributed by atoms with Gasteiger partial charge in [0.25, 0.3) is 0 Å². The number of nitrogens with zero attached hydrogens (tertiary/aromatic N) is 4. The van der Waals surface area contributed by atoms with E-state index < -0.39 is 0 Å². The van der Waals surface area contributed by atoms with Crippen molar-refractivity contribution in [3.8, 4) is 0 Å². The summed E-state index contributed by atoms with van der Waals surface area (Å²) in [5.41, 5.74) is 0.708. The number of piperidine rings is 1. The fraction of sp³-hybridized carbons (Fsp3) is 0.526. The molecule has 0 atom stereocenters. The highest BCUT2D eigenvalue weighted by atomic mass is 35.5. The van der Waals surface area contributed by atoms with E-state index in [0.717, 1.165) is 44.6 Å². The molecule has 1 aliphatic heterocycles. The number of nitrogens with one attached hydrogen (secondary N) is 1. The van der Waals surface area contributed by atoms with Gasteiger partial charge in [-0.3, -0.25) is 14.3 Å². The molecule has 0 unspecified atom stereocenters. The zero-order valence-electron chi connectivity index (χ0n) is 15.4. The number of hydrogen-bond donors (Lipinski definition) is 1. The lowest BCUT2D eigenvalue weighted by Crippen LogP contribution is -2.39. The lowest BCUT2D eigenvalue weighted by Gasteiger charge is -2.31. The second kappa shape index (κ2) is 7.48. The normalized spacial score (nSPS) is 18.6. The summed E-state index contributed by atoms with van der Waals surface area (Å²) in [5.74, 6) is 1.17. The van der Waals surface area contributed by atoms with Gasteiger partial charge in [0.1, 0.15) is 5.82 Å². The van der Waals surface area contributed by atoms with Crippen LogP contribution in [0.25, 0.3) is 0 Å². The molecule has 2 fully saturated rings. The SMILES string of the molecule is Cn1nc(C2CCN(CC(=O)Nc3cccc(Cl)c3)CC2)n(C2CC2)c1=O. The Hall–Kier alpha value is -2.12. The molecule has 27 heavy (non-hydrogen) atoms. The molecule has 8 heteroatoms. The average Bonchev–Trinajstić information content (AvgIpc) is 3.42. The zero-order valence-corrected chi connectivity index (χ0v) is 16.2. The summed E-state index contributed by atoms with van der Waals surface area (Å²) in [6.07, 6.45) is 3.96. The second-order valence-corrected chi connectivity index (χ2v) is 7.91. The molecule has 0 bridgehead atoms. The topological polar surface area (TPSA) is 72.2 Å². The van der Waals surface area contributed by atoms with Crippen molar-refractivity contribution in [2.45, 2.75) is 37.6 Å². The van der Waals surface area contributed by atoms with Crippen molar-refractivity contribution in [3.05, 3.63) is 45.6 Å². The molecule has 0 radical (unpaired) electrons. The van der Waals surface area contributed by atoms with Crippen molar-refractivity contribution in [2.75, 3.05) is 25.0 Å². The number of benzene rings is 1. The molecule has 0 spiro atoms. The highest BCUT2D eigenvalue weighted by molar-refractivity contribution is 6.30. The van der Waals surface area contributed by atoms with Crippen LogP contribution in [-0.4, -0.2) is 44.8 Å². The van der Waals surface area contributed by atoms with Crippen molar-refractivity contribution in [1.82, 2.24) is 19.2 Å². The van der Waals surface area contributed by atoms with Crippen LogP contribution in [0, 0.1) is 0 Å². The molecule has 2 aliphatic rings. The molecule has 1 saturated heterocycles. The van der Waals surface area contributed by atoms with Crippen molar-refractivity contribution in [2.24, 2.45) is 7.05 Å². The van der Waals surface area contributed by atoms with Gasteiger partial charge in [-0.2, -0.15) is 5.10 Å². The van der Waals surface area contributed by atoms with Crippen LogP contribution >= 0.6 is 11.6 Å². The van der Waals surface area contributed by atoms with E-state index in [0.29, 0.717) is 23.3 Å². The zero-order chi connectivity index (χ0) is 19.0. The van der Waals surface area contributed by atoms with Crippen LogP contribution in [0.3, 0.4) is 0 Å². The number of carbonyl (C=O) groups excluding carboxylic acids is 1. The molecule has 1 amide bonds. The smallest absolute Gasteiger partial charge is 0.325 e. The minimum absolute atomic E-state index is 0.00386. The molecule has 1 saturated carbocycles. The first kappa shape index (κ1) is 18.3. The molecule has 144 valence electrons. The third kappa shape index (κ3) is 4.09. The number of anilines is 1. The average molecular weight is 390 g/mol. The lowest BCUT2D eigenvalue weighted by atomic mass is 9.96. The number of halogens is 1. The number of likely N-dealkylation sites (tertiary alicyclic amines) is 1. The first-order valence-electron chi connectivity index (χ1n) is 9.44. The number of amides is 1. The summed E-state index contributed by atoms with van der Waals surface area (Å²) in [5, 5.41) is 7.99. The Morgan fingerprint density at radius 3 is 2.67 bits per heavy atom. The van der Waals surface area contributed by atoms with Crippen LogP contribution in [0.5, 0.6) is 0 Å². The van der Waals surface area contributed by atoms with Crippen LogP contribution in [0.15, 0.2) is 29.1 Å². The quantitative estimate of drug-likeness (QED) is 0.852. The predicted molar refractivity (Wildman–Crippen MR) is 104 cm³/mol. The highest BCUT2D eigenvalue weighted by Crippen LogP contribution is 2.37. The lowest BCUT2D eigenvalue weighted by molar-refractivity contribution is -0.117. The Morgan fingerprint density at radius 2 is 2.00 bits per heavy atom. The molecule has 1 N–H and O–H groups in total. The number of carbonyl (C=O) groups is 1. The summed E-state index contributed by atoms with van der Waals surface area (Å²) in [6.45, 7) is 2.00. The van der Waals surface area contributed by atoms with Crippen LogP contribution < -0.4 is 11.0 Å². The summed E-state index contributed by atoms with van der Waals surface area (Å²) in [6, 6.07) is 7.50. The maximum atomic E-state index is 12.3. The Morgan fingerprint density at radius 1 is 1.26 bits per heavy atom. The van der Waals surface area contributed by atoms with Crippen LogP contribution in [0.1, 0.15) is 43.5 Å². The van der Waals surface area contributed by atoms with Gasteiger partial charge in [0.2, 0.25) is 5.91 Å². The maximum absolute atomic E-state index is 12.3. The van der Waals surface area contributed by atoms with E-state index in [1.54, 1.807) is 19.2 Å². The van der Waals surface area contributed by atoms with Crippen LogP contribution in [-0.2, 0) is 11.8 Å². The van der Waals surface area contributed by atoms with Gasteiger partial charge in [-0.15, -0.1) is 0 Å². The summed E-state index contributed by atoms with van der Waals surface area (Å²) in [7, 11) is 1.72. The molecule has 4 rings (SSSR count). The monoisotopic (exact) mass is 389 g/mol. The number of aryl methyl sites for hydroxylation is 1. The Labute approximate surface area is 162 Å². The Balaban J connectivity index is 1.33. The van der Waals surface area contributed by atoms with Gasteiger partial charge in [0.15, 0.2) is 0 Å². The number of rotatable bonds is 5. The Bertz CT molecular complexity index is 894. The third-order valence-corrected chi connectivity index (χ3v) is 5.56. The molecule has 1 aliphatic carbocycles. The van der Waals surface area contributed by atoms with E-state index >= 15 is 0 Å². The largest absolute Gasteiger partial charge is 0.345 e. The maximum Gasteiger partial charge on any atom is 0.345 e. The van der Waals surface area contributed by atoms with Crippen LogP contribution in [0.2, 0.25) is 5.02 Å². The second-order valence-electron chi connectivity index (χ2n) is 7.47.